The summed E-state index contributed by atoms with van der Waals surface area (Å²) < 4.78 is 7.98. The fourth-order valence-corrected chi connectivity index (χ4v) is 4.32. The molecule has 1 aliphatic rings. The fraction of sp³-hybridized carbons (Fsp3) is 0.240. The lowest BCUT2D eigenvalue weighted by Crippen LogP contribution is -2.37. The molecule has 7 heteroatoms. The molecule has 1 aliphatic heterocycles. The van der Waals surface area contributed by atoms with Crippen LogP contribution in [0.4, 0.5) is 5.82 Å². The maximum atomic E-state index is 11.7. The lowest BCUT2D eigenvalue weighted by molar-refractivity contribution is -0.130. The second-order valence-corrected chi connectivity index (χ2v) is 8.06. The molecule has 3 heterocycles. The predicted octanol–water partition coefficient (Wildman–Crippen LogP) is 4.66. The third-order valence-corrected chi connectivity index (χ3v) is 6.01. The van der Waals surface area contributed by atoms with Crippen LogP contribution in [0.5, 0.6) is 11.5 Å². The molecule has 162 valence electrons. The van der Waals surface area contributed by atoms with Crippen molar-refractivity contribution >= 4 is 22.6 Å². The highest BCUT2D eigenvalue weighted by atomic mass is 16.5. The molecule has 0 aliphatic carbocycles. The average molecular weight is 428 g/mol. The first-order chi connectivity index (χ1) is 15.6. The van der Waals surface area contributed by atoms with Crippen molar-refractivity contribution in [1.82, 2.24) is 19.7 Å². The number of para-hydroxylation sites is 1. The van der Waals surface area contributed by atoms with Crippen molar-refractivity contribution in [2.45, 2.75) is 25.8 Å². The topological polar surface area (TPSA) is 86.3 Å². The Labute approximate surface area is 186 Å². The summed E-state index contributed by atoms with van der Waals surface area (Å²) in [4.78, 5) is 17.9. The number of aromatic nitrogens is 3. The van der Waals surface area contributed by atoms with E-state index in [0.717, 1.165) is 59.6 Å². The Bertz CT molecular complexity index is 1240. The van der Waals surface area contributed by atoms with Gasteiger partial charge in [0.1, 0.15) is 23.0 Å². The van der Waals surface area contributed by atoms with E-state index in [1.54, 1.807) is 13.1 Å². The van der Waals surface area contributed by atoms with Gasteiger partial charge in [-0.1, -0.05) is 18.2 Å². The van der Waals surface area contributed by atoms with E-state index >= 15 is 0 Å². The number of piperidine rings is 1. The lowest BCUT2D eigenvalue weighted by Gasteiger charge is -2.31. The molecule has 0 bridgehead atoms. The third-order valence-electron chi connectivity index (χ3n) is 6.01. The van der Waals surface area contributed by atoms with Crippen LogP contribution in [0, 0.1) is 0 Å². The van der Waals surface area contributed by atoms with Gasteiger partial charge < -0.3 is 15.4 Å². The van der Waals surface area contributed by atoms with Gasteiger partial charge in [-0.15, -0.1) is 0 Å². The Morgan fingerprint density at radius 3 is 2.38 bits per heavy atom. The van der Waals surface area contributed by atoms with E-state index in [0.29, 0.717) is 5.82 Å². The highest BCUT2D eigenvalue weighted by Crippen LogP contribution is 2.36. The molecule has 2 aromatic heterocycles. The predicted molar refractivity (Wildman–Crippen MR) is 124 cm³/mol. The van der Waals surface area contributed by atoms with Crippen LogP contribution in [0.15, 0.2) is 66.9 Å². The van der Waals surface area contributed by atoms with Gasteiger partial charge in [-0.2, -0.15) is 5.10 Å². The van der Waals surface area contributed by atoms with Crippen molar-refractivity contribution in [2.75, 3.05) is 18.8 Å². The number of nitrogens with two attached hydrogens (primary N) is 1. The SMILES string of the molecule is CC(=O)N1CCC(n2nc(-c3ccc(Oc4ccccc4)cc3)c3c(N)nccc32)CC1. The van der Waals surface area contributed by atoms with E-state index in [2.05, 4.69) is 9.67 Å². The number of fused-ring (bicyclic) bond motifs is 1. The van der Waals surface area contributed by atoms with Crippen molar-refractivity contribution < 1.29 is 9.53 Å². The summed E-state index contributed by atoms with van der Waals surface area (Å²) in [5, 5.41) is 5.84. The van der Waals surface area contributed by atoms with Crippen LogP contribution in [0.25, 0.3) is 22.2 Å². The molecule has 0 unspecified atom stereocenters. The van der Waals surface area contributed by atoms with Crippen LogP contribution >= 0.6 is 0 Å². The summed E-state index contributed by atoms with van der Waals surface area (Å²) in [5.41, 5.74) is 9.02. The molecule has 2 N–H and O–H groups in total. The standard InChI is InChI=1S/C25H25N5O2/c1-17(31)29-15-12-19(13-16-29)30-22-11-14-27-25(26)23(22)24(28-30)18-7-9-21(10-8-18)32-20-5-3-2-4-6-20/h2-11,14,19H,12-13,15-16H2,1H3,(H2,26,27). The van der Waals surface area contributed by atoms with Crippen LogP contribution < -0.4 is 10.5 Å². The summed E-state index contributed by atoms with van der Waals surface area (Å²) in [5.74, 6) is 2.14. The van der Waals surface area contributed by atoms with Gasteiger partial charge in [0, 0.05) is 31.8 Å². The molecule has 1 fully saturated rings. The minimum atomic E-state index is 0.126. The molecule has 1 saturated heterocycles. The van der Waals surface area contributed by atoms with Crippen LogP contribution in [0.1, 0.15) is 25.8 Å². The zero-order chi connectivity index (χ0) is 22.1. The van der Waals surface area contributed by atoms with Gasteiger partial charge in [0.15, 0.2) is 0 Å². The van der Waals surface area contributed by atoms with E-state index in [4.69, 9.17) is 15.6 Å². The van der Waals surface area contributed by atoms with Gasteiger partial charge in [-0.05, 0) is 55.3 Å². The lowest BCUT2D eigenvalue weighted by atomic mass is 10.0. The molecule has 0 radical (unpaired) electrons. The van der Waals surface area contributed by atoms with E-state index in [1.165, 1.54) is 0 Å². The van der Waals surface area contributed by atoms with Crippen molar-refractivity contribution in [1.29, 1.82) is 0 Å². The number of likely N-dealkylation sites (tertiary alicyclic amines) is 1. The molecule has 1 amide bonds. The minimum Gasteiger partial charge on any atom is -0.457 e. The summed E-state index contributed by atoms with van der Waals surface area (Å²) in [6, 6.07) is 19.7. The molecular weight excluding hydrogens is 402 g/mol. The largest absolute Gasteiger partial charge is 0.457 e. The fourth-order valence-electron chi connectivity index (χ4n) is 4.32. The molecule has 2 aromatic carbocycles. The highest BCUT2D eigenvalue weighted by molar-refractivity contribution is 6.00. The summed E-state index contributed by atoms with van der Waals surface area (Å²) in [6.45, 7) is 3.10. The number of anilines is 1. The van der Waals surface area contributed by atoms with Gasteiger partial charge in [-0.3, -0.25) is 9.48 Å². The van der Waals surface area contributed by atoms with E-state index in [9.17, 15) is 4.79 Å². The number of pyridine rings is 1. The third kappa shape index (κ3) is 3.77. The number of hydrogen-bond acceptors (Lipinski definition) is 5. The number of amides is 1. The maximum absolute atomic E-state index is 11.7. The molecule has 5 rings (SSSR count). The van der Waals surface area contributed by atoms with Crippen molar-refractivity contribution in [3.05, 3.63) is 66.9 Å². The second-order valence-electron chi connectivity index (χ2n) is 8.06. The second kappa shape index (κ2) is 8.34. The first-order valence-corrected chi connectivity index (χ1v) is 10.8. The zero-order valence-corrected chi connectivity index (χ0v) is 17.9. The van der Waals surface area contributed by atoms with Gasteiger partial charge in [0.05, 0.1) is 16.9 Å². The van der Waals surface area contributed by atoms with Crippen molar-refractivity contribution in [3.63, 3.8) is 0 Å². The summed E-state index contributed by atoms with van der Waals surface area (Å²) in [6.07, 6.45) is 3.45. The minimum absolute atomic E-state index is 0.126. The number of ether oxygens (including phenoxy) is 1. The number of carbonyl (C=O) groups excluding carboxylic acids is 1. The number of rotatable bonds is 4. The number of benzene rings is 2. The quantitative estimate of drug-likeness (QED) is 0.512. The first-order valence-electron chi connectivity index (χ1n) is 10.8. The van der Waals surface area contributed by atoms with Crippen LogP contribution in [-0.4, -0.2) is 38.7 Å². The smallest absolute Gasteiger partial charge is 0.219 e. The molecular formula is C25H25N5O2. The van der Waals surface area contributed by atoms with Gasteiger partial charge in [0.25, 0.3) is 0 Å². The zero-order valence-electron chi connectivity index (χ0n) is 17.9. The molecule has 0 spiro atoms. The monoisotopic (exact) mass is 427 g/mol. The van der Waals surface area contributed by atoms with Crippen LogP contribution in [0.2, 0.25) is 0 Å². The average Bonchev–Trinajstić information content (AvgIpc) is 3.21. The Morgan fingerprint density at radius 2 is 1.69 bits per heavy atom. The number of nitrogens with zero attached hydrogens (tertiary/aromatic N) is 4. The Balaban J connectivity index is 1.47. The number of hydrogen-bond donors (Lipinski definition) is 1. The van der Waals surface area contributed by atoms with Gasteiger partial charge in [0.2, 0.25) is 5.91 Å². The van der Waals surface area contributed by atoms with Crippen molar-refractivity contribution in [2.24, 2.45) is 0 Å². The summed E-state index contributed by atoms with van der Waals surface area (Å²) in [7, 11) is 0. The van der Waals surface area contributed by atoms with Gasteiger partial charge >= 0.3 is 0 Å². The van der Waals surface area contributed by atoms with Gasteiger partial charge in [-0.25, -0.2) is 4.98 Å². The molecule has 0 atom stereocenters. The Hall–Kier alpha value is -3.87. The molecule has 32 heavy (non-hydrogen) atoms. The van der Waals surface area contributed by atoms with E-state index in [1.807, 2.05) is 65.6 Å². The van der Waals surface area contributed by atoms with E-state index < -0.39 is 0 Å². The first kappa shape index (κ1) is 20.1. The molecule has 7 nitrogen and oxygen atoms in total. The summed E-state index contributed by atoms with van der Waals surface area (Å²) >= 11 is 0. The van der Waals surface area contributed by atoms with Crippen LogP contribution in [-0.2, 0) is 4.79 Å². The Kier molecular flexibility index (Phi) is 5.23. The number of carbonyl (C=O) groups is 1. The molecule has 0 saturated carbocycles. The maximum Gasteiger partial charge on any atom is 0.219 e. The molecule has 4 aromatic rings. The van der Waals surface area contributed by atoms with E-state index in [-0.39, 0.29) is 11.9 Å². The number of nitrogen functional groups attached to an aromatic ring is 1. The Morgan fingerprint density at radius 1 is 1.00 bits per heavy atom. The normalized spacial score (nSPS) is 14.6. The highest BCUT2D eigenvalue weighted by Gasteiger charge is 2.26. The van der Waals surface area contributed by atoms with Crippen molar-refractivity contribution in [3.8, 4) is 22.8 Å². The van der Waals surface area contributed by atoms with Crippen LogP contribution in [0.3, 0.4) is 0 Å².